The SMILES string of the molecule is CCC(=O)c1cc(C)c(Br)s1. The Morgan fingerprint density at radius 3 is 2.73 bits per heavy atom. The van der Waals surface area contributed by atoms with Crippen LogP contribution in [-0.4, -0.2) is 5.78 Å². The maximum absolute atomic E-state index is 11.2. The minimum atomic E-state index is 0.226. The number of halogens is 1. The van der Waals surface area contributed by atoms with Gasteiger partial charge in [0.25, 0.3) is 0 Å². The van der Waals surface area contributed by atoms with Crippen molar-refractivity contribution in [1.29, 1.82) is 0 Å². The summed E-state index contributed by atoms with van der Waals surface area (Å²) in [6, 6.07) is 1.93. The van der Waals surface area contributed by atoms with Gasteiger partial charge in [-0.25, -0.2) is 0 Å². The van der Waals surface area contributed by atoms with E-state index in [-0.39, 0.29) is 5.78 Å². The Kier molecular flexibility index (Phi) is 2.84. The molecule has 0 aliphatic rings. The predicted octanol–water partition coefficient (Wildman–Crippen LogP) is 3.41. The zero-order chi connectivity index (χ0) is 8.43. The highest BCUT2D eigenvalue weighted by atomic mass is 79.9. The minimum Gasteiger partial charge on any atom is -0.293 e. The van der Waals surface area contributed by atoms with Gasteiger partial charge in [0.15, 0.2) is 5.78 Å². The summed E-state index contributed by atoms with van der Waals surface area (Å²) in [4.78, 5) is 12.0. The van der Waals surface area contributed by atoms with E-state index in [0.29, 0.717) is 6.42 Å². The Morgan fingerprint density at radius 2 is 2.36 bits per heavy atom. The molecule has 0 aliphatic heterocycles. The normalized spacial score (nSPS) is 10.1. The smallest absolute Gasteiger partial charge is 0.172 e. The third kappa shape index (κ3) is 1.91. The number of aryl methyl sites for hydroxylation is 1. The lowest BCUT2D eigenvalue weighted by atomic mass is 10.2. The van der Waals surface area contributed by atoms with Crippen molar-refractivity contribution in [3.8, 4) is 0 Å². The van der Waals surface area contributed by atoms with Gasteiger partial charge in [0.1, 0.15) is 0 Å². The van der Waals surface area contributed by atoms with Crippen LogP contribution >= 0.6 is 27.3 Å². The Balaban J connectivity index is 2.97. The van der Waals surface area contributed by atoms with Gasteiger partial charge in [-0.3, -0.25) is 4.79 Å². The molecule has 0 amide bonds. The maximum Gasteiger partial charge on any atom is 0.172 e. The number of ketones is 1. The van der Waals surface area contributed by atoms with E-state index < -0.39 is 0 Å². The number of hydrogen-bond donors (Lipinski definition) is 0. The van der Waals surface area contributed by atoms with Crippen LogP contribution < -0.4 is 0 Å². The van der Waals surface area contributed by atoms with Crippen LogP contribution in [0.5, 0.6) is 0 Å². The molecule has 0 fully saturated rings. The predicted molar refractivity (Wildman–Crippen MR) is 51.4 cm³/mol. The number of rotatable bonds is 2. The second-order valence-electron chi connectivity index (χ2n) is 2.34. The summed E-state index contributed by atoms with van der Waals surface area (Å²) in [5.41, 5.74) is 1.15. The maximum atomic E-state index is 11.2. The molecule has 3 heteroatoms. The van der Waals surface area contributed by atoms with Crippen LogP contribution in [0.2, 0.25) is 0 Å². The van der Waals surface area contributed by atoms with Crippen molar-refractivity contribution < 1.29 is 4.79 Å². The summed E-state index contributed by atoms with van der Waals surface area (Å²) in [6.45, 7) is 3.87. The number of thiophene rings is 1. The number of carbonyl (C=O) groups is 1. The van der Waals surface area contributed by atoms with Crippen LogP contribution in [0.15, 0.2) is 9.85 Å². The fourth-order valence-electron chi connectivity index (χ4n) is 0.772. The lowest BCUT2D eigenvalue weighted by molar-refractivity contribution is 0.0992. The number of carbonyl (C=O) groups excluding carboxylic acids is 1. The summed E-state index contributed by atoms with van der Waals surface area (Å²) in [6.07, 6.45) is 0.590. The molecular weight excluding hydrogens is 224 g/mol. The summed E-state index contributed by atoms with van der Waals surface area (Å²) in [5.74, 6) is 0.226. The Labute approximate surface area is 78.6 Å². The molecule has 0 N–H and O–H groups in total. The van der Waals surface area contributed by atoms with Gasteiger partial charge in [-0.05, 0) is 34.5 Å². The average Bonchev–Trinajstić information content (AvgIpc) is 2.31. The molecule has 60 valence electrons. The third-order valence-electron chi connectivity index (χ3n) is 1.45. The van der Waals surface area contributed by atoms with E-state index in [9.17, 15) is 4.79 Å². The fraction of sp³-hybridized carbons (Fsp3) is 0.375. The zero-order valence-electron chi connectivity index (χ0n) is 6.48. The van der Waals surface area contributed by atoms with E-state index in [1.54, 1.807) is 0 Å². The summed E-state index contributed by atoms with van der Waals surface area (Å²) < 4.78 is 1.06. The van der Waals surface area contributed by atoms with E-state index in [0.717, 1.165) is 14.2 Å². The first-order chi connectivity index (χ1) is 5.15. The van der Waals surface area contributed by atoms with Crippen molar-refractivity contribution in [3.05, 3.63) is 20.3 Å². The Bertz CT molecular complexity index is 258. The average molecular weight is 233 g/mol. The van der Waals surface area contributed by atoms with Crippen LogP contribution in [0.25, 0.3) is 0 Å². The molecular formula is C8H9BrOS. The van der Waals surface area contributed by atoms with Crippen molar-refractivity contribution in [2.24, 2.45) is 0 Å². The molecule has 0 atom stereocenters. The van der Waals surface area contributed by atoms with Crippen molar-refractivity contribution >= 4 is 33.0 Å². The van der Waals surface area contributed by atoms with E-state index in [2.05, 4.69) is 15.9 Å². The van der Waals surface area contributed by atoms with Gasteiger partial charge in [0, 0.05) is 6.42 Å². The molecule has 0 unspecified atom stereocenters. The van der Waals surface area contributed by atoms with Crippen molar-refractivity contribution in [2.75, 3.05) is 0 Å². The first-order valence-electron chi connectivity index (χ1n) is 3.44. The number of hydrogen-bond acceptors (Lipinski definition) is 2. The quantitative estimate of drug-likeness (QED) is 0.715. The second-order valence-corrected chi connectivity index (χ2v) is 4.71. The van der Waals surface area contributed by atoms with E-state index in [1.807, 2.05) is 19.9 Å². The standard InChI is InChI=1S/C8H9BrOS/c1-3-6(10)7-4-5(2)8(9)11-7/h4H,3H2,1-2H3. The van der Waals surface area contributed by atoms with Gasteiger partial charge in [0.05, 0.1) is 8.66 Å². The molecule has 0 saturated carbocycles. The molecule has 0 bridgehead atoms. The first-order valence-corrected chi connectivity index (χ1v) is 5.05. The molecule has 0 aromatic carbocycles. The summed E-state index contributed by atoms with van der Waals surface area (Å²) in [5, 5.41) is 0. The molecule has 1 heterocycles. The molecule has 11 heavy (non-hydrogen) atoms. The molecule has 0 spiro atoms. The lowest BCUT2D eigenvalue weighted by Gasteiger charge is -1.87. The van der Waals surface area contributed by atoms with E-state index in [1.165, 1.54) is 11.3 Å². The van der Waals surface area contributed by atoms with Gasteiger partial charge < -0.3 is 0 Å². The van der Waals surface area contributed by atoms with Crippen LogP contribution in [0, 0.1) is 6.92 Å². The van der Waals surface area contributed by atoms with E-state index in [4.69, 9.17) is 0 Å². The molecule has 0 aliphatic carbocycles. The van der Waals surface area contributed by atoms with Crippen molar-refractivity contribution in [1.82, 2.24) is 0 Å². The topological polar surface area (TPSA) is 17.1 Å². The van der Waals surface area contributed by atoms with Gasteiger partial charge in [-0.2, -0.15) is 0 Å². The van der Waals surface area contributed by atoms with Gasteiger partial charge in [-0.15, -0.1) is 11.3 Å². The lowest BCUT2D eigenvalue weighted by Crippen LogP contribution is -1.90. The van der Waals surface area contributed by atoms with Crippen molar-refractivity contribution in [3.63, 3.8) is 0 Å². The number of Topliss-reactive ketones (excluding diaryl/α,β-unsaturated/α-hetero) is 1. The van der Waals surface area contributed by atoms with Crippen LogP contribution in [0.4, 0.5) is 0 Å². The van der Waals surface area contributed by atoms with Gasteiger partial charge in [-0.1, -0.05) is 6.92 Å². The zero-order valence-corrected chi connectivity index (χ0v) is 8.88. The van der Waals surface area contributed by atoms with Crippen molar-refractivity contribution in [2.45, 2.75) is 20.3 Å². The Morgan fingerprint density at radius 1 is 1.73 bits per heavy atom. The van der Waals surface area contributed by atoms with Crippen LogP contribution in [-0.2, 0) is 0 Å². The highest BCUT2D eigenvalue weighted by molar-refractivity contribution is 9.11. The molecule has 1 aromatic rings. The highest BCUT2D eigenvalue weighted by Gasteiger charge is 2.08. The third-order valence-corrected chi connectivity index (χ3v) is 3.63. The van der Waals surface area contributed by atoms with Crippen LogP contribution in [0.1, 0.15) is 28.6 Å². The second kappa shape index (κ2) is 3.50. The van der Waals surface area contributed by atoms with Gasteiger partial charge in [0.2, 0.25) is 0 Å². The highest BCUT2D eigenvalue weighted by Crippen LogP contribution is 2.27. The largest absolute Gasteiger partial charge is 0.293 e. The minimum absolute atomic E-state index is 0.226. The van der Waals surface area contributed by atoms with E-state index >= 15 is 0 Å². The summed E-state index contributed by atoms with van der Waals surface area (Å²) >= 11 is 4.89. The molecule has 0 radical (unpaired) electrons. The summed E-state index contributed by atoms with van der Waals surface area (Å²) in [7, 11) is 0. The monoisotopic (exact) mass is 232 g/mol. The Hall–Kier alpha value is -0.150. The van der Waals surface area contributed by atoms with Crippen LogP contribution in [0.3, 0.4) is 0 Å². The molecule has 0 saturated heterocycles. The first kappa shape index (κ1) is 8.94. The molecule has 1 aromatic heterocycles. The molecule has 1 rings (SSSR count). The fourth-order valence-corrected chi connectivity index (χ4v) is 2.32. The van der Waals surface area contributed by atoms with Gasteiger partial charge >= 0.3 is 0 Å². The molecule has 1 nitrogen and oxygen atoms in total.